The molecule has 0 saturated carbocycles. The van der Waals surface area contributed by atoms with E-state index in [-0.39, 0.29) is 25.7 Å². The van der Waals surface area contributed by atoms with Gasteiger partial charge in [0.05, 0.1) is 26.4 Å². The van der Waals surface area contributed by atoms with Gasteiger partial charge in [-0.05, 0) is 49.4 Å². The first-order valence-electron chi connectivity index (χ1n) is 35.7. The molecule has 0 rings (SSSR count). The summed E-state index contributed by atoms with van der Waals surface area (Å²) in [5.74, 6) is 0.842. The van der Waals surface area contributed by atoms with Gasteiger partial charge in [0.2, 0.25) is 0 Å². The molecule has 0 radical (unpaired) electrons. The lowest BCUT2D eigenvalue weighted by Crippen LogP contribution is -2.30. The first kappa shape index (κ1) is 86.1. The Morgan fingerprint density at radius 1 is 0.318 bits per heavy atom. The number of phosphoric acid groups is 2. The van der Waals surface area contributed by atoms with Gasteiger partial charge in [0.25, 0.3) is 0 Å². The predicted molar refractivity (Wildman–Crippen MR) is 354 cm³/mol. The van der Waals surface area contributed by atoms with Crippen LogP contribution in [0.1, 0.15) is 338 Å². The van der Waals surface area contributed by atoms with E-state index >= 15 is 0 Å². The number of ether oxygens (including phenoxy) is 4. The van der Waals surface area contributed by atoms with E-state index in [1.807, 2.05) is 0 Å². The molecule has 0 spiro atoms. The van der Waals surface area contributed by atoms with Gasteiger partial charge in [-0.2, -0.15) is 0 Å². The van der Waals surface area contributed by atoms with Crippen molar-refractivity contribution >= 4 is 39.5 Å². The maximum absolute atomic E-state index is 13.0. The van der Waals surface area contributed by atoms with Gasteiger partial charge in [-0.25, -0.2) is 9.13 Å². The fraction of sp³-hybridized carbons (Fsp3) is 0.942. The summed E-state index contributed by atoms with van der Waals surface area (Å²) in [5, 5.41) is 10.6. The summed E-state index contributed by atoms with van der Waals surface area (Å²) < 4.78 is 68.2. The van der Waals surface area contributed by atoms with Crippen molar-refractivity contribution in [2.45, 2.75) is 356 Å². The summed E-state index contributed by atoms with van der Waals surface area (Å²) in [6.45, 7) is 14.0. The molecule has 0 bridgehead atoms. The summed E-state index contributed by atoms with van der Waals surface area (Å²) in [6, 6.07) is 0. The summed E-state index contributed by atoms with van der Waals surface area (Å²) in [7, 11) is -9.90. The second-order valence-corrected chi connectivity index (χ2v) is 29.5. The Bertz CT molecular complexity index is 1750. The van der Waals surface area contributed by atoms with E-state index in [9.17, 15) is 43.2 Å². The van der Waals surface area contributed by atoms with E-state index in [0.717, 1.165) is 108 Å². The minimum atomic E-state index is -4.95. The Morgan fingerprint density at radius 2 is 0.545 bits per heavy atom. The molecule has 3 N–H and O–H groups in total. The highest BCUT2D eigenvalue weighted by atomic mass is 31.2. The first-order valence-corrected chi connectivity index (χ1v) is 38.7. The van der Waals surface area contributed by atoms with Gasteiger partial charge in [-0.15, -0.1) is 0 Å². The summed E-state index contributed by atoms with van der Waals surface area (Å²) >= 11 is 0. The molecule has 88 heavy (non-hydrogen) atoms. The molecule has 19 heteroatoms. The molecule has 17 nitrogen and oxygen atoms in total. The number of esters is 4. The van der Waals surface area contributed by atoms with E-state index in [1.54, 1.807) is 0 Å². The highest BCUT2D eigenvalue weighted by Crippen LogP contribution is 2.45. The molecule has 0 amide bonds. The van der Waals surface area contributed by atoms with Crippen molar-refractivity contribution in [3.63, 3.8) is 0 Å². The highest BCUT2D eigenvalue weighted by molar-refractivity contribution is 7.47. The zero-order valence-electron chi connectivity index (χ0n) is 57.3. The minimum absolute atomic E-state index is 0.103. The number of unbranched alkanes of at least 4 members (excludes halogenated alkanes) is 31. The number of hydrogen-bond donors (Lipinski definition) is 3. The lowest BCUT2D eigenvalue weighted by molar-refractivity contribution is -0.161. The van der Waals surface area contributed by atoms with Gasteiger partial charge in [0.1, 0.15) is 19.3 Å². The van der Waals surface area contributed by atoms with Gasteiger partial charge in [-0.3, -0.25) is 37.3 Å². The maximum atomic E-state index is 13.0. The van der Waals surface area contributed by atoms with Crippen molar-refractivity contribution in [1.29, 1.82) is 0 Å². The van der Waals surface area contributed by atoms with Crippen LogP contribution in [0, 0.1) is 23.7 Å². The number of aliphatic hydroxyl groups is 1. The molecule has 0 saturated heterocycles. The molecule has 0 aromatic heterocycles. The van der Waals surface area contributed by atoms with Gasteiger partial charge in [0, 0.05) is 25.7 Å². The van der Waals surface area contributed by atoms with Crippen molar-refractivity contribution in [1.82, 2.24) is 0 Å². The van der Waals surface area contributed by atoms with E-state index in [2.05, 4.69) is 55.4 Å². The fourth-order valence-electron chi connectivity index (χ4n) is 10.3. The Hall–Kier alpha value is -1.94. The zero-order chi connectivity index (χ0) is 65.4. The molecule has 6 atom stereocenters. The SMILES string of the molecule is CCC(C)CCCCCCCCCCCCC(=O)O[C@H](COC(=O)CCCCCCCCCC(C)C)COP(=O)(O)OCC(O)COP(=O)(O)OC[C@@H](COC(=O)CCCCCCCCCCCCCC(C)C)OC(=O)CCCCCCCCCC(C)C. The summed E-state index contributed by atoms with van der Waals surface area (Å²) in [5.41, 5.74) is 0. The van der Waals surface area contributed by atoms with Gasteiger partial charge in [0.15, 0.2) is 12.2 Å². The van der Waals surface area contributed by atoms with Crippen LogP contribution in [0.15, 0.2) is 0 Å². The average molecular weight is 1300 g/mol. The molecule has 522 valence electrons. The van der Waals surface area contributed by atoms with Crippen LogP contribution in [0.4, 0.5) is 0 Å². The molecule has 0 aromatic carbocycles. The molecule has 0 fully saturated rings. The van der Waals surface area contributed by atoms with Crippen LogP contribution < -0.4 is 0 Å². The third-order valence-electron chi connectivity index (χ3n) is 16.2. The Balaban J connectivity index is 5.24. The van der Waals surface area contributed by atoms with E-state index < -0.39 is 97.5 Å². The van der Waals surface area contributed by atoms with E-state index in [0.29, 0.717) is 37.5 Å². The maximum Gasteiger partial charge on any atom is 0.472 e. The van der Waals surface area contributed by atoms with Crippen LogP contribution in [0.3, 0.4) is 0 Å². The lowest BCUT2D eigenvalue weighted by atomic mass is 9.99. The topological polar surface area (TPSA) is 237 Å². The van der Waals surface area contributed by atoms with Crippen molar-refractivity contribution in [3.8, 4) is 0 Å². The Labute approximate surface area is 537 Å². The third kappa shape index (κ3) is 61.6. The standard InChI is InChI=1S/C69H134O17P2/c1-9-62(8)48-40-32-24-16-13-14-18-26-35-43-51-68(73)85-64(56-80-67(72)50-42-34-27-19-22-30-38-46-60(4)5)57-83-87(75,76)81-53-63(70)54-82-88(77,78)84-58-65(86-69(74)52-44-36-28-20-23-31-39-47-61(6)7)55-79-66(71)49-41-33-25-17-12-10-11-15-21-29-37-45-59(2)3/h59-65,70H,9-58H2,1-8H3,(H,75,76)(H,77,78)/t62?,63?,64-,65-/m1/s1. The smallest absolute Gasteiger partial charge is 0.462 e. The van der Waals surface area contributed by atoms with Crippen molar-refractivity contribution < 1.29 is 80.2 Å². The van der Waals surface area contributed by atoms with Crippen LogP contribution in [0.5, 0.6) is 0 Å². The van der Waals surface area contributed by atoms with Gasteiger partial charge >= 0.3 is 39.5 Å². The molecule has 0 aliphatic heterocycles. The number of rotatable bonds is 66. The van der Waals surface area contributed by atoms with Crippen LogP contribution in [-0.2, 0) is 65.4 Å². The molecular weight excluding hydrogens is 1160 g/mol. The van der Waals surface area contributed by atoms with Crippen molar-refractivity contribution in [2.24, 2.45) is 23.7 Å². The second kappa shape index (κ2) is 58.8. The van der Waals surface area contributed by atoms with Crippen LogP contribution in [-0.4, -0.2) is 96.7 Å². The van der Waals surface area contributed by atoms with E-state index in [4.69, 9.17) is 37.0 Å². The molecule has 0 aliphatic carbocycles. The highest BCUT2D eigenvalue weighted by Gasteiger charge is 2.30. The number of hydrogen-bond acceptors (Lipinski definition) is 15. The van der Waals surface area contributed by atoms with E-state index in [1.165, 1.54) is 135 Å². The third-order valence-corrected chi connectivity index (χ3v) is 18.1. The van der Waals surface area contributed by atoms with Crippen LogP contribution >= 0.6 is 15.6 Å². The Kier molecular flexibility index (Phi) is 57.6. The lowest BCUT2D eigenvalue weighted by Gasteiger charge is -2.21. The molecule has 0 aromatic rings. The predicted octanol–water partition coefficient (Wildman–Crippen LogP) is 19.3. The number of phosphoric ester groups is 2. The van der Waals surface area contributed by atoms with Crippen molar-refractivity contribution in [2.75, 3.05) is 39.6 Å². The zero-order valence-corrected chi connectivity index (χ0v) is 59.1. The van der Waals surface area contributed by atoms with Crippen LogP contribution in [0.2, 0.25) is 0 Å². The van der Waals surface area contributed by atoms with Crippen LogP contribution in [0.25, 0.3) is 0 Å². The van der Waals surface area contributed by atoms with Gasteiger partial charge < -0.3 is 33.8 Å². The second-order valence-electron chi connectivity index (χ2n) is 26.6. The monoisotopic (exact) mass is 1300 g/mol. The first-order chi connectivity index (χ1) is 42.1. The van der Waals surface area contributed by atoms with Gasteiger partial charge in [-0.1, -0.05) is 287 Å². The molecular formula is C69H134O17P2. The minimum Gasteiger partial charge on any atom is -0.462 e. The summed E-state index contributed by atoms with van der Waals surface area (Å²) in [6.07, 6.45) is 40.4. The number of carbonyl (C=O) groups excluding carboxylic acids is 4. The quantitative estimate of drug-likeness (QED) is 0.0222. The molecule has 0 heterocycles. The fourth-order valence-corrected chi connectivity index (χ4v) is 11.9. The number of carbonyl (C=O) groups is 4. The van der Waals surface area contributed by atoms with Crippen molar-refractivity contribution in [3.05, 3.63) is 0 Å². The number of aliphatic hydroxyl groups excluding tert-OH is 1. The average Bonchev–Trinajstić information content (AvgIpc) is 3.66. The largest absolute Gasteiger partial charge is 0.472 e. The Morgan fingerprint density at radius 3 is 0.807 bits per heavy atom. The molecule has 4 unspecified atom stereocenters. The normalized spacial score (nSPS) is 14.6. The summed E-state index contributed by atoms with van der Waals surface area (Å²) in [4.78, 5) is 72.5. The molecule has 0 aliphatic rings.